The molecule has 1 saturated heterocycles. The molecule has 1 aliphatic heterocycles. The van der Waals surface area contributed by atoms with Gasteiger partial charge in [-0.05, 0) is 43.4 Å². The number of carbonyl (C=O) groups excluding carboxylic acids is 1. The predicted molar refractivity (Wildman–Crippen MR) is 124 cm³/mol. The van der Waals surface area contributed by atoms with Crippen LogP contribution in [0, 0.1) is 0 Å². The molecular formula is C21H20ClN3O3S3. The molecule has 31 heavy (non-hydrogen) atoms. The van der Waals surface area contributed by atoms with Gasteiger partial charge in [0.25, 0.3) is 10.0 Å². The van der Waals surface area contributed by atoms with Gasteiger partial charge in [-0.1, -0.05) is 42.3 Å². The van der Waals surface area contributed by atoms with E-state index >= 15 is 0 Å². The lowest BCUT2D eigenvalue weighted by Gasteiger charge is -2.32. The quantitative estimate of drug-likeness (QED) is 0.565. The lowest BCUT2D eigenvalue weighted by Crippen LogP contribution is -2.49. The number of aryl methyl sites for hydroxylation is 2. The number of thiophene rings is 1. The van der Waals surface area contributed by atoms with Gasteiger partial charge in [-0.2, -0.15) is 4.31 Å². The molecule has 3 aromatic rings. The molecule has 2 aromatic heterocycles. The number of anilines is 1. The smallest absolute Gasteiger partial charge is 0.253 e. The first-order valence-electron chi connectivity index (χ1n) is 10.1. The van der Waals surface area contributed by atoms with E-state index in [1.54, 1.807) is 6.07 Å². The summed E-state index contributed by atoms with van der Waals surface area (Å²) in [7, 11) is -3.78. The van der Waals surface area contributed by atoms with Crippen molar-refractivity contribution >= 4 is 55.3 Å². The monoisotopic (exact) mass is 493 g/mol. The van der Waals surface area contributed by atoms with E-state index in [1.165, 1.54) is 27.3 Å². The fourth-order valence-electron chi connectivity index (χ4n) is 4.20. The van der Waals surface area contributed by atoms with Gasteiger partial charge in [0.05, 0.1) is 10.0 Å². The van der Waals surface area contributed by atoms with Gasteiger partial charge in [0.2, 0.25) is 5.91 Å². The van der Waals surface area contributed by atoms with Gasteiger partial charge < -0.3 is 5.32 Å². The number of thiazole rings is 1. The topological polar surface area (TPSA) is 79.4 Å². The van der Waals surface area contributed by atoms with E-state index in [0.717, 1.165) is 53.2 Å². The van der Waals surface area contributed by atoms with Gasteiger partial charge >= 0.3 is 0 Å². The number of piperidine rings is 1. The van der Waals surface area contributed by atoms with Crippen LogP contribution in [0.25, 0.3) is 11.3 Å². The number of fused-ring (bicyclic) bond motifs is 3. The average molecular weight is 494 g/mol. The van der Waals surface area contributed by atoms with Crippen molar-refractivity contribution in [2.24, 2.45) is 0 Å². The van der Waals surface area contributed by atoms with Crippen molar-refractivity contribution in [2.75, 3.05) is 11.9 Å². The van der Waals surface area contributed by atoms with E-state index in [0.29, 0.717) is 22.4 Å². The Morgan fingerprint density at radius 2 is 1.97 bits per heavy atom. The Labute approximate surface area is 193 Å². The lowest BCUT2D eigenvalue weighted by atomic mass is 9.94. The van der Waals surface area contributed by atoms with Crippen molar-refractivity contribution in [2.45, 2.75) is 42.4 Å². The predicted octanol–water partition coefficient (Wildman–Crippen LogP) is 4.81. The number of amides is 1. The number of aromatic nitrogens is 1. The number of halogens is 1. The minimum absolute atomic E-state index is 0.165. The van der Waals surface area contributed by atoms with E-state index in [1.807, 2.05) is 12.1 Å². The molecule has 1 atom stereocenters. The second-order valence-corrected chi connectivity index (χ2v) is 12.5. The molecular weight excluding hydrogens is 474 g/mol. The maximum atomic E-state index is 13.1. The molecule has 6 nitrogen and oxygen atoms in total. The molecule has 0 radical (unpaired) electrons. The third-order valence-electron chi connectivity index (χ3n) is 5.69. The van der Waals surface area contributed by atoms with Crippen molar-refractivity contribution < 1.29 is 13.2 Å². The highest BCUT2D eigenvalue weighted by Gasteiger charge is 2.38. The summed E-state index contributed by atoms with van der Waals surface area (Å²) < 4.78 is 28.2. The fraction of sp³-hybridized carbons (Fsp3) is 0.333. The largest absolute Gasteiger partial charge is 0.301 e. The van der Waals surface area contributed by atoms with Crippen LogP contribution in [0.1, 0.15) is 29.7 Å². The van der Waals surface area contributed by atoms with Crippen LogP contribution in [0.15, 0.2) is 40.6 Å². The molecule has 1 amide bonds. The maximum absolute atomic E-state index is 13.1. The normalized spacial score (nSPS) is 18.9. The molecule has 162 valence electrons. The number of hydrogen-bond acceptors (Lipinski definition) is 6. The van der Waals surface area contributed by atoms with E-state index < -0.39 is 16.1 Å². The molecule has 1 fully saturated rings. The van der Waals surface area contributed by atoms with Crippen molar-refractivity contribution in [1.82, 2.24) is 9.29 Å². The number of rotatable bonds is 4. The summed E-state index contributed by atoms with van der Waals surface area (Å²) in [6, 6.07) is 10.5. The molecule has 10 heteroatoms. The number of benzene rings is 1. The Kier molecular flexibility index (Phi) is 5.64. The zero-order valence-electron chi connectivity index (χ0n) is 16.5. The van der Waals surface area contributed by atoms with Crippen molar-refractivity contribution in [3.8, 4) is 11.3 Å². The standard InChI is InChI=1S/C21H20ClN3O3S3/c22-17-10-11-18(30-17)31(27,28)25-12-4-3-7-15(25)20(26)24-21-23-19-14-6-2-1-5-13(14)8-9-16(19)29-21/h1-2,5-6,10-11,15H,3-4,7-9,12H2,(H,23,24,26). The van der Waals surface area contributed by atoms with Gasteiger partial charge in [0.1, 0.15) is 10.3 Å². The minimum Gasteiger partial charge on any atom is -0.301 e. The van der Waals surface area contributed by atoms with E-state index in [2.05, 4.69) is 22.4 Å². The molecule has 5 rings (SSSR count). The summed E-state index contributed by atoms with van der Waals surface area (Å²) >= 11 is 8.43. The van der Waals surface area contributed by atoms with Gasteiger partial charge in [-0.25, -0.2) is 13.4 Å². The number of carbonyl (C=O) groups is 1. The second kappa shape index (κ2) is 8.29. The van der Waals surface area contributed by atoms with E-state index in [-0.39, 0.29) is 10.1 Å². The van der Waals surface area contributed by atoms with E-state index in [9.17, 15) is 13.2 Å². The van der Waals surface area contributed by atoms with Crippen LogP contribution in [-0.4, -0.2) is 36.2 Å². The van der Waals surface area contributed by atoms with Gasteiger partial charge in [0.15, 0.2) is 5.13 Å². The van der Waals surface area contributed by atoms with Crippen LogP contribution in [0.4, 0.5) is 5.13 Å². The summed E-state index contributed by atoms with van der Waals surface area (Å²) in [6.07, 6.45) is 3.86. The van der Waals surface area contributed by atoms with Crippen LogP contribution in [0.3, 0.4) is 0 Å². The lowest BCUT2D eigenvalue weighted by molar-refractivity contribution is -0.120. The van der Waals surface area contributed by atoms with Crippen LogP contribution in [0.2, 0.25) is 4.34 Å². The minimum atomic E-state index is -3.78. The molecule has 0 spiro atoms. The van der Waals surface area contributed by atoms with Crippen LogP contribution < -0.4 is 5.32 Å². The van der Waals surface area contributed by atoms with E-state index in [4.69, 9.17) is 11.6 Å². The molecule has 1 unspecified atom stereocenters. The van der Waals surface area contributed by atoms with Crippen molar-refractivity contribution in [1.29, 1.82) is 0 Å². The summed E-state index contributed by atoms with van der Waals surface area (Å²) in [5.74, 6) is -0.328. The molecule has 2 aliphatic rings. The number of hydrogen-bond donors (Lipinski definition) is 1. The number of nitrogens with zero attached hydrogens (tertiary/aromatic N) is 2. The second-order valence-electron chi connectivity index (χ2n) is 7.62. The first-order chi connectivity index (χ1) is 14.9. The maximum Gasteiger partial charge on any atom is 0.253 e. The Hall–Kier alpha value is -1.78. The first kappa shape index (κ1) is 21.1. The molecule has 0 bridgehead atoms. The third kappa shape index (κ3) is 3.93. The van der Waals surface area contributed by atoms with Crippen molar-refractivity contribution in [3.63, 3.8) is 0 Å². The number of nitrogens with one attached hydrogen (secondary N) is 1. The number of sulfonamides is 1. The van der Waals surface area contributed by atoms with Crippen LogP contribution >= 0.6 is 34.3 Å². The van der Waals surface area contributed by atoms with Crippen LogP contribution in [0.5, 0.6) is 0 Å². The zero-order chi connectivity index (χ0) is 21.6. The summed E-state index contributed by atoms with van der Waals surface area (Å²) in [4.78, 5) is 19.0. The van der Waals surface area contributed by atoms with Crippen molar-refractivity contribution in [3.05, 3.63) is 51.2 Å². The van der Waals surface area contributed by atoms with Gasteiger partial charge in [-0.15, -0.1) is 22.7 Å². The Balaban J connectivity index is 1.39. The molecule has 1 aromatic carbocycles. The molecule has 1 N–H and O–H groups in total. The fourth-order valence-corrected chi connectivity index (χ4v) is 8.44. The summed E-state index contributed by atoms with van der Waals surface area (Å²) in [5, 5.41) is 3.42. The summed E-state index contributed by atoms with van der Waals surface area (Å²) in [5.41, 5.74) is 3.29. The van der Waals surface area contributed by atoms with Gasteiger partial charge in [-0.3, -0.25) is 4.79 Å². The van der Waals surface area contributed by atoms with Crippen LogP contribution in [-0.2, 0) is 27.7 Å². The Morgan fingerprint density at radius 3 is 2.77 bits per heavy atom. The highest BCUT2D eigenvalue weighted by molar-refractivity contribution is 7.91. The highest BCUT2D eigenvalue weighted by atomic mass is 35.5. The SMILES string of the molecule is O=C(Nc1nc2c(s1)CCc1ccccc1-2)C1CCCCN1S(=O)(=O)c1ccc(Cl)s1. The molecule has 3 heterocycles. The average Bonchev–Trinajstić information content (AvgIpc) is 3.40. The first-order valence-corrected chi connectivity index (χ1v) is 13.5. The molecule has 1 aliphatic carbocycles. The highest BCUT2D eigenvalue weighted by Crippen LogP contribution is 2.38. The Bertz CT molecular complexity index is 1250. The zero-order valence-corrected chi connectivity index (χ0v) is 19.7. The Morgan fingerprint density at radius 1 is 1.13 bits per heavy atom. The third-order valence-corrected chi connectivity index (χ3v) is 10.3. The van der Waals surface area contributed by atoms with Gasteiger partial charge in [0, 0.05) is 17.0 Å². The summed E-state index contributed by atoms with van der Waals surface area (Å²) in [6.45, 7) is 0.317. The molecule has 0 saturated carbocycles.